The average molecular weight is 230 g/mol. The summed E-state index contributed by atoms with van der Waals surface area (Å²) in [5.74, 6) is 1.10. The van der Waals surface area contributed by atoms with Crippen LogP contribution in [0.5, 0.6) is 0 Å². The van der Waals surface area contributed by atoms with E-state index in [4.69, 9.17) is 9.78 Å². The number of nitrogens with zero attached hydrogens (tertiary/aromatic N) is 4. The Labute approximate surface area is 99.7 Å². The van der Waals surface area contributed by atoms with Gasteiger partial charge in [-0.2, -0.15) is 10.2 Å². The molecule has 0 saturated heterocycles. The fraction of sp³-hybridized carbons (Fsp3) is 0.417. The van der Waals surface area contributed by atoms with E-state index in [1.807, 2.05) is 27.8 Å². The molecule has 0 aliphatic heterocycles. The minimum atomic E-state index is -0.148. The van der Waals surface area contributed by atoms with E-state index in [-0.39, 0.29) is 5.41 Å². The third kappa shape index (κ3) is 2.07. The van der Waals surface area contributed by atoms with Gasteiger partial charge in [0.05, 0.1) is 5.56 Å². The van der Waals surface area contributed by atoms with Crippen molar-refractivity contribution in [2.24, 2.45) is 7.05 Å². The zero-order chi connectivity index (χ0) is 12.6. The number of hydrogen-bond acceptors (Lipinski definition) is 4. The maximum Gasteiger partial charge on any atom is 0.274 e. The zero-order valence-corrected chi connectivity index (χ0v) is 10.4. The molecular weight excluding hydrogens is 216 g/mol. The van der Waals surface area contributed by atoms with Crippen LogP contribution in [0.25, 0.3) is 11.6 Å². The van der Waals surface area contributed by atoms with Gasteiger partial charge in [-0.1, -0.05) is 25.9 Å². The number of nitriles is 1. The van der Waals surface area contributed by atoms with Crippen molar-refractivity contribution in [3.05, 3.63) is 23.7 Å². The van der Waals surface area contributed by atoms with Crippen molar-refractivity contribution in [3.8, 4) is 17.7 Å². The molecule has 0 aliphatic rings. The smallest absolute Gasteiger partial charge is 0.274 e. The Morgan fingerprint density at radius 1 is 1.41 bits per heavy atom. The Morgan fingerprint density at radius 3 is 2.59 bits per heavy atom. The van der Waals surface area contributed by atoms with Gasteiger partial charge in [0.1, 0.15) is 11.8 Å². The molecule has 5 nitrogen and oxygen atoms in total. The van der Waals surface area contributed by atoms with Gasteiger partial charge in [-0.05, 0) is 6.07 Å². The van der Waals surface area contributed by atoms with Crippen LogP contribution >= 0.6 is 0 Å². The molecule has 0 fully saturated rings. The third-order valence-corrected chi connectivity index (χ3v) is 2.45. The molecule has 0 bridgehead atoms. The number of aromatic nitrogens is 3. The van der Waals surface area contributed by atoms with Gasteiger partial charge in [0.15, 0.2) is 5.82 Å². The second kappa shape index (κ2) is 3.74. The molecule has 2 rings (SSSR count). The molecule has 5 heteroatoms. The lowest BCUT2D eigenvalue weighted by Gasteiger charge is -2.10. The molecule has 0 atom stereocenters. The highest BCUT2D eigenvalue weighted by Gasteiger charge is 2.22. The highest BCUT2D eigenvalue weighted by atomic mass is 16.5. The molecule has 0 aliphatic carbocycles. The molecule has 0 saturated carbocycles. The van der Waals surface area contributed by atoms with E-state index in [0.717, 1.165) is 5.69 Å². The van der Waals surface area contributed by atoms with Crippen molar-refractivity contribution in [3.63, 3.8) is 0 Å². The second-order valence-electron chi connectivity index (χ2n) is 5.01. The van der Waals surface area contributed by atoms with Crippen molar-refractivity contribution in [1.29, 1.82) is 5.26 Å². The Hall–Kier alpha value is -2.09. The van der Waals surface area contributed by atoms with Gasteiger partial charge in [-0.3, -0.25) is 0 Å². The lowest BCUT2D eigenvalue weighted by molar-refractivity contribution is 0.400. The predicted octanol–water partition coefficient (Wildman–Crippen LogP) is 2.24. The maximum atomic E-state index is 8.83. The predicted molar refractivity (Wildman–Crippen MR) is 62.1 cm³/mol. The molecule has 2 aromatic rings. The largest absolute Gasteiger partial charge is 0.345 e. The first-order valence-electron chi connectivity index (χ1n) is 5.33. The molecule has 0 aromatic carbocycles. The minimum absolute atomic E-state index is 0.148. The highest BCUT2D eigenvalue weighted by Crippen LogP contribution is 2.24. The van der Waals surface area contributed by atoms with Gasteiger partial charge in [-0.25, -0.2) is 0 Å². The second-order valence-corrected chi connectivity index (χ2v) is 5.01. The first-order valence-corrected chi connectivity index (χ1v) is 5.33. The lowest BCUT2D eigenvalue weighted by Crippen LogP contribution is -2.13. The quantitative estimate of drug-likeness (QED) is 0.753. The van der Waals surface area contributed by atoms with E-state index < -0.39 is 0 Å². The summed E-state index contributed by atoms with van der Waals surface area (Å²) in [6.07, 6.45) is 1.73. The van der Waals surface area contributed by atoms with Crippen LogP contribution in [0.4, 0.5) is 0 Å². The fourth-order valence-corrected chi connectivity index (χ4v) is 1.47. The summed E-state index contributed by atoms with van der Waals surface area (Å²) in [4.78, 5) is 4.35. The molecule has 0 N–H and O–H groups in total. The van der Waals surface area contributed by atoms with E-state index in [1.165, 1.54) is 0 Å². The Bertz CT molecular complexity index is 580. The van der Waals surface area contributed by atoms with Crippen molar-refractivity contribution in [2.75, 3.05) is 0 Å². The standard InChI is InChI=1S/C12H14N4O/c1-12(2,3)11-14-10(17-15-11)9-5-8(6-13)7-16(9)4/h5,7H,1-4H3. The molecule has 0 radical (unpaired) electrons. The first-order chi connectivity index (χ1) is 7.91. The van der Waals surface area contributed by atoms with Crippen molar-refractivity contribution < 1.29 is 4.52 Å². The minimum Gasteiger partial charge on any atom is -0.345 e. The van der Waals surface area contributed by atoms with Crippen LogP contribution in [0, 0.1) is 11.3 Å². The molecule has 17 heavy (non-hydrogen) atoms. The Kier molecular flexibility index (Phi) is 2.50. The molecular formula is C12H14N4O. The first kappa shape index (κ1) is 11.4. The van der Waals surface area contributed by atoms with Crippen LogP contribution in [-0.2, 0) is 12.5 Å². The van der Waals surface area contributed by atoms with Crippen molar-refractivity contribution >= 4 is 0 Å². The Balaban J connectivity index is 2.44. The van der Waals surface area contributed by atoms with Gasteiger partial charge >= 0.3 is 0 Å². The van der Waals surface area contributed by atoms with Crippen LogP contribution in [0.3, 0.4) is 0 Å². The zero-order valence-electron chi connectivity index (χ0n) is 10.4. The summed E-state index contributed by atoms with van der Waals surface area (Å²) >= 11 is 0. The summed E-state index contributed by atoms with van der Waals surface area (Å²) < 4.78 is 7.03. The van der Waals surface area contributed by atoms with Gasteiger partial charge in [-0.15, -0.1) is 0 Å². The molecule has 88 valence electrons. The average Bonchev–Trinajstić information content (AvgIpc) is 2.82. The summed E-state index contributed by atoms with van der Waals surface area (Å²) in [6, 6.07) is 3.82. The van der Waals surface area contributed by atoms with Crippen LogP contribution in [-0.4, -0.2) is 14.7 Å². The summed E-state index contributed by atoms with van der Waals surface area (Å²) in [5.41, 5.74) is 1.19. The lowest BCUT2D eigenvalue weighted by atomic mass is 9.96. The Morgan fingerprint density at radius 2 is 2.12 bits per heavy atom. The summed E-state index contributed by atoms with van der Waals surface area (Å²) in [7, 11) is 1.84. The highest BCUT2D eigenvalue weighted by molar-refractivity contribution is 5.52. The molecule has 2 heterocycles. The van der Waals surface area contributed by atoms with Gasteiger partial charge < -0.3 is 9.09 Å². The molecule has 2 aromatic heterocycles. The molecule has 0 unspecified atom stereocenters. The van der Waals surface area contributed by atoms with Crippen LogP contribution in [0.1, 0.15) is 32.2 Å². The van der Waals surface area contributed by atoms with Crippen molar-refractivity contribution in [2.45, 2.75) is 26.2 Å². The normalized spacial score (nSPS) is 11.5. The number of hydrogen-bond donors (Lipinski definition) is 0. The fourth-order valence-electron chi connectivity index (χ4n) is 1.47. The number of aryl methyl sites for hydroxylation is 1. The summed E-state index contributed by atoms with van der Waals surface area (Å²) in [6.45, 7) is 6.06. The van der Waals surface area contributed by atoms with E-state index in [1.54, 1.807) is 16.8 Å². The maximum absolute atomic E-state index is 8.83. The number of rotatable bonds is 1. The SMILES string of the molecule is Cn1cc(C#N)cc1-c1nc(C(C)(C)C)no1. The topological polar surface area (TPSA) is 67.6 Å². The van der Waals surface area contributed by atoms with Crippen LogP contribution in [0.15, 0.2) is 16.8 Å². The van der Waals surface area contributed by atoms with E-state index in [0.29, 0.717) is 17.3 Å². The van der Waals surface area contributed by atoms with Crippen molar-refractivity contribution in [1.82, 2.24) is 14.7 Å². The monoisotopic (exact) mass is 230 g/mol. The van der Waals surface area contributed by atoms with E-state index in [2.05, 4.69) is 16.2 Å². The van der Waals surface area contributed by atoms with Gasteiger partial charge in [0.2, 0.25) is 0 Å². The van der Waals surface area contributed by atoms with Crippen LogP contribution in [0.2, 0.25) is 0 Å². The third-order valence-electron chi connectivity index (χ3n) is 2.45. The van der Waals surface area contributed by atoms with E-state index in [9.17, 15) is 0 Å². The van der Waals surface area contributed by atoms with Crippen LogP contribution < -0.4 is 0 Å². The summed E-state index contributed by atoms with van der Waals surface area (Å²) in [5, 5.41) is 12.8. The van der Waals surface area contributed by atoms with E-state index >= 15 is 0 Å². The van der Waals surface area contributed by atoms with Gasteiger partial charge in [0.25, 0.3) is 5.89 Å². The molecule has 0 spiro atoms. The molecule has 0 amide bonds. The van der Waals surface area contributed by atoms with Gasteiger partial charge in [0, 0.05) is 18.7 Å².